The lowest BCUT2D eigenvalue weighted by Crippen LogP contribution is -2.06. The van der Waals surface area contributed by atoms with Gasteiger partial charge in [0.25, 0.3) is 0 Å². The van der Waals surface area contributed by atoms with Crippen molar-refractivity contribution in [3.63, 3.8) is 0 Å². The Morgan fingerprint density at radius 3 is 2.56 bits per heavy atom. The molecule has 1 aromatic rings. The van der Waals surface area contributed by atoms with Gasteiger partial charge in [-0.1, -0.05) is 6.08 Å². The molecule has 0 radical (unpaired) electrons. The van der Waals surface area contributed by atoms with Crippen LogP contribution in [0.2, 0.25) is 0 Å². The van der Waals surface area contributed by atoms with Crippen molar-refractivity contribution < 1.29 is 17.9 Å². The summed E-state index contributed by atoms with van der Waals surface area (Å²) in [6.07, 6.45) is -1.52. The van der Waals surface area contributed by atoms with Gasteiger partial charge in [-0.15, -0.1) is 6.58 Å². The third-order valence-electron chi connectivity index (χ3n) is 2.23. The fraction of sp³-hybridized carbons (Fsp3) is 0.333. The summed E-state index contributed by atoms with van der Waals surface area (Å²) in [5, 5.41) is 0. The molecule has 16 heavy (non-hydrogen) atoms. The van der Waals surface area contributed by atoms with Gasteiger partial charge in [-0.3, -0.25) is 0 Å². The molecule has 0 heterocycles. The maximum Gasteiger partial charge on any atom is 0.416 e. The van der Waals surface area contributed by atoms with Crippen molar-refractivity contribution in [2.75, 3.05) is 7.11 Å². The zero-order valence-corrected chi connectivity index (χ0v) is 8.97. The van der Waals surface area contributed by atoms with Crippen LogP contribution < -0.4 is 4.74 Å². The standard InChI is InChI=1S/C12H13F3O/c1-3-4-5-9-8-10(12(13,14)15)6-7-11(9)16-2/h3,6-8H,1,4-5H2,2H3. The van der Waals surface area contributed by atoms with Crippen molar-refractivity contribution in [2.24, 2.45) is 0 Å². The lowest BCUT2D eigenvalue weighted by Gasteiger charge is -2.12. The van der Waals surface area contributed by atoms with Crippen LogP contribution in [0.5, 0.6) is 5.75 Å². The molecule has 4 heteroatoms. The average Bonchev–Trinajstić information content (AvgIpc) is 2.24. The summed E-state index contributed by atoms with van der Waals surface area (Å²) in [7, 11) is 1.44. The first kappa shape index (κ1) is 12.6. The van der Waals surface area contributed by atoms with Crippen LogP contribution in [0, 0.1) is 0 Å². The molecule has 0 amide bonds. The van der Waals surface area contributed by atoms with E-state index in [0.29, 0.717) is 24.2 Å². The predicted molar refractivity (Wildman–Crippen MR) is 56.5 cm³/mol. The smallest absolute Gasteiger partial charge is 0.416 e. The topological polar surface area (TPSA) is 9.23 Å². The van der Waals surface area contributed by atoms with E-state index in [1.165, 1.54) is 13.2 Å². The van der Waals surface area contributed by atoms with E-state index in [9.17, 15) is 13.2 Å². The number of allylic oxidation sites excluding steroid dienone is 1. The molecule has 0 fully saturated rings. The summed E-state index contributed by atoms with van der Waals surface area (Å²) < 4.78 is 42.4. The van der Waals surface area contributed by atoms with Gasteiger partial charge < -0.3 is 4.74 Å². The van der Waals surface area contributed by atoms with E-state index in [1.807, 2.05) is 0 Å². The zero-order chi connectivity index (χ0) is 12.2. The molecule has 0 N–H and O–H groups in total. The largest absolute Gasteiger partial charge is 0.496 e. The summed E-state index contributed by atoms with van der Waals surface area (Å²) >= 11 is 0. The fourth-order valence-electron chi connectivity index (χ4n) is 1.41. The van der Waals surface area contributed by atoms with E-state index in [-0.39, 0.29) is 0 Å². The molecule has 1 nitrogen and oxygen atoms in total. The van der Waals surface area contributed by atoms with E-state index >= 15 is 0 Å². The van der Waals surface area contributed by atoms with Crippen LogP contribution in [0.4, 0.5) is 13.2 Å². The molecule has 0 saturated carbocycles. The first-order valence-corrected chi connectivity index (χ1v) is 4.84. The number of hydrogen-bond acceptors (Lipinski definition) is 1. The minimum atomic E-state index is -4.31. The van der Waals surface area contributed by atoms with Gasteiger partial charge in [0.05, 0.1) is 12.7 Å². The van der Waals surface area contributed by atoms with Gasteiger partial charge in [0.1, 0.15) is 5.75 Å². The summed E-state index contributed by atoms with van der Waals surface area (Å²) in [5.74, 6) is 0.481. The highest BCUT2D eigenvalue weighted by molar-refractivity contribution is 5.38. The second-order valence-corrected chi connectivity index (χ2v) is 3.35. The van der Waals surface area contributed by atoms with E-state index in [0.717, 1.165) is 12.1 Å². The first-order chi connectivity index (χ1) is 7.49. The third-order valence-corrected chi connectivity index (χ3v) is 2.23. The molecule has 0 spiro atoms. The molecular weight excluding hydrogens is 217 g/mol. The molecule has 0 bridgehead atoms. The number of halogens is 3. The summed E-state index contributed by atoms with van der Waals surface area (Å²) in [6.45, 7) is 3.54. The molecule has 0 aliphatic heterocycles. The van der Waals surface area contributed by atoms with Crippen molar-refractivity contribution in [3.05, 3.63) is 42.0 Å². The van der Waals surface area contributed by atoms with E-state index in [1.54, 1.807) is 6.08 Å². The Hall–Kier alpha value is -1.45. The van der Waals surface area contributed by atoms with Crippen molar-refractivity contribution in [1.82, 2.24) is 0 Å². The van der Waals surface area contributed by atoms with Gasteiger partial charge in [0.2, 0.25) is 0 Å². The van der Waals surface area contributed by atoms with Crippen LogP contribution >= 0.6 is 0 Å². The highest BCUT2D eigenvalue weighted by Crippen LogP contribution is 2.32. The Kier molecular flexibility index (Phi) is 3.99. The average molecular weight is 230 g/mol. The monoisotopic (exact) mass is 230 g/mol. The van der Waals surface area contributed by atoms with Crippen LogP contribution in [0.15, 0.2) is 30.9 Å². The van der Waals surface area contributed by atoms with Gasteiger partial charge >= 0.3 is 6.18 Å². The lowest BCUT2D eigenvalue weighted by atomic mass is 10.0. The van der Waals surface area contributed by atoms with Crippen LogP contribution in [0.25, 0.3) is 0 Å². The molecular formula is C12H13F3O. The zero-order valence-electron chi connectivity index (χ0n) is 8.97. The van der Waals surface area contributed by atoms with E-state index in [4.69, 9.17) is 4.74 Å². The highest BCUT2D eigenvalue weighted by atomic mass is 19.4. The predicted octanol–water partition coefficient (Wildman–Crippen LogP) is 3.83. The second-order valence-electron chi connectivity index (χ2n) is 3.35. The number of rotatable bonds is 4. The highest BCUT2D eigenvalue weighted by Gasteiger charge is 2.30. The summed E-state index contributed by atoms with van der Waals surface area (Å²) in [6, 6.07) is 3.50. The number of alkyl halides is 3. The van der Waals surface area contributed by atoms with Crippen molar-refractivity contribution >= 4 is 0 Å². The van der Waals surface area contributed by atoms with Gasteiger partial charge in [0.15, 0.2) is 0 Å². The van der Waals surface area contributed by atoms with Crippen LogP contribution in [-0.4, -0.2) is 7.11 Å². The van der Waals surface area contributed by atoms with Crippen LogP contribution in [-0.2, 0) is 12.6 Å². The Bertz CT molecular complexity index is 369. The molecule has 1 rings (SSSR count). The number of ether oxygens (including phenoxy) is 1. The quantitative estimate of drug-likeness (QED) is 0.714. The van der Waals surface area contributed by atoms with Gasteiger partial charge in [0, 0.05) is 0 Å². The SMILES string of the molecule is C=CCCc1cc(C(F)(F)F)ccc1OC. The van der Waals surface area contributed by atoms with Gasteiger partial charge in [-0.2, -0.15) is 13.2 Å². The first-order valence-electron chi connectivity index (χ1n) is 4.84. The number of hydrogen-bond donors (Lipinski definition) is 0. The Balaban J connectivity index is 3.05. The van der Waals surface area contributed by atoms with E-state index in [2.05, 4.69) is 6.58 Å². The summed E-state index contributed by atoms with van der Waals surface area (Å²) in [5.41, 5.74) is -0.0930. The van der Waals surface area contributed by atoms with Crippen molar-refractivity contribution in [3.8, 4) is 5.75 Å². The Labute approximate surface area is 92.5 Å². The van der Waals surface area contributed by atoms with E-state index < -0.39 is 11.7 Å². The molecule has 0 aromatic heterocycles. The number of methoxy groups -OCH3 is 1. The Morgan fingerprint density at radius 2 is 2.06 bits per heavy atom. The van der Waals surface area contributed by atoms with Gasteiger partial charge in [-0.25, -0.2) is 0 Å². The van der Waals surface area contributed by atoms with Gasteiger partial charge in [-0.05, 0) is 36.6 Å². The maximum absolute atomic E-state index is 12.5. The molecule has 1 aromatic carbocycles. The maximum atomic E-state index is 12.5. The third kappa shape index (κ3) is 3.02. The fourth-order valence-corrected chi connectivity index (χ4v) is 1.41. The number of benzene rings is 1. The molecule has 0 atom stereocenters. The normalized spacial score (nSPS) is 11.2. The number of aryl methyl sites for hydroxylation is 1. The molecule has 0 saturated heterocycles. The lowest BCUT2D eigenvalue weighted by molar-refractivity contribution is -0.137. The molecule has 0 aliphatic rings. The molecule has 88 valence electrons. The van der Waals surface area contributed by atoms with Crippen LogP contribution in [0.3, 0.4) is 0 Å². The van der Waals surface area contributed by atoms with Crippen LogP contribution in [0.1, 0.15) is 17.5 Å². The molecule has 0 unspecified atom stereocenters. The Morgan fingerprint density at radius 1 is 1.38 bits per heavy atom. The minimum absolute atomic E-state index is 0.481. The molecule has 0 aliphatic carbocycles. The van der Waals surface area contributed by atoms with Crippen molar-refractivity contribution in [1.29, 1.82) is 0 Å². The van der Waals surface area contributed by atoms with Crippen molar-refractivity contribution in [2.45, 2.75) is 19.0 Å². The minimum Gasteiger partial charge on any atom is -0.496 e. The second kappa shape index (κ2) is 5.05. The summed E-state index contributed by atoms with van der Waals surface area (Å²) in [4.78, 5) is 0.